The first kappa shape index (κ1) is 29.4. The maximum Gasteiger partial charge on any atom is 0.242 e. The minimum atomic E-state index is -0.252. The zero-order valence-corrected chi connectivity index (χ0v) is 16.9. The Morgan fingerprint density at radius 1 is 1.09 bits per heavy atom. The molecule has 0 spiro atoms. The molecule has 2 unspecified atom stereocenters. The van der Waals surface area contributed by atoms with Crippen LogP contribution < -0.4 is 11.1 Å². The number of nitrogens with one attached hydrogen (secondary N) is 2. The van der Waals surface area contributed by atoms with Gasteiger partial charge in [0.1, 0.15) is 6.04 Å². The van der Waals surface area contributed by atoms with E-state index in [0.717, 1.165) is 6.42 Å². The number of hydrogen-bond acceptors (Lipinski definition) is 3. The monoisotopic (exact) mass is 332 g/mol. The fourth-order valence-electron chi connectivity index (χ4n) is 1.81. The van der Waals surface area contributed by atoms with Gasteiger partial charge in [0.15, 0.2) is 0 Å². The third-order valence-corrected chi connectivity index (χ3v) is 2.46. The van der Waals surface area contributed by atoms with Crippen molar-refractivity contribution in [2.45, 2.75) is 74.8 Å². The van der Waals surface area contributed by atoms with Crippen LogP contribution in [0.2, 0.25) is 0 Å². The highest BCUT2D eigenvalue weighted by Crippen LogP contribution is 2.22. The van der Waals surface area contributed by atoms with Crippen LogP contribution in [0.15, 0.2) is 0 Å². The molecular formula is C17H40N4O2. The number of carbonyl (C=O) groups excluding carboxylic acids is 2. The molecule has 1 rings (SSSR count). The van der Waals surface area contributed by atoms with Crippen molar-refractivity contribution in [3.8, 4) is 0 Å². The van der Waals surface area contributed by atoms with E-state index in [-0.39, 0.29) is 23.7 Å². The van der Waals surface area contributed by atoms with Crippen LogP contribution in [-0.2, 0) is 9.59 Å². The van der Waals surface area contributed by atoms with Crippen molar-refractivity contribution in [1.29, 1.82) is 5.41 Å². The van der Waals surface area contributed by atoms with Gasteiger partial charge in [0.25, 0.3) is 0 Å². The maximum absolute atomic E-state index is 11.4. The predicted octanol–water partition coefficient (Wildman–Crippen LogP) is 3.01. The molecule has 6 heteroatoms. The van der Waals surface area contributed by atoms with Crippen molar-refractivity contribution in [2.75, 3.05) is 13.6 Å². The average molecular weight is 333 g/mol. The van der Waals surface area contributed by atoms with E-state index in [4.69, 9.17) is 11.1 Å². The van der Waals surface area contributed by atoms with Gasteiger partial charge in [0, 0.05) is 20.5 Å². The van der Waals surface area contributed by atoms with Gasteiger partial charge in [0.2, 0.25) is 11.8 Å². The van der Waals surface area contributed by atoms with E-state index < -0.39 is 0 Å². The highest BCUT2D eigenvalue weighted by atomic mass is 16.2. The molecule has 0 aromatic heterocycles. The highest BCUT2D eigenvalue weighted by Gasteiger charge is 2.35. The molecule has 0 aliphatic carbocycles. The van der Waals surface area contributed by atoms with Crippen molar-refractivity contribution in [3.05, 3.63) is 0 Å². The molecule has 0 saturated carbocycles. The zero-order chi connectivity index (χ0) is 19.6. The summed E-state index contributed by atoms with van der Waals surface area (Å²) < 4.78 is 0. The molecule has 0 radical (unpaired) electrons. The van der Waals surface area contributed by atoms with Crippen LogP contribution in [0.4, 0.5) is 0 Å². The molecule has 0 bridgehead atoms. The summed E-state index contributed by atoms with van der Waals surface area (Å²) in [4.78, 5) is 24.2. The SMILES string of the molecule is CC.CC.CC.CC(=N)N.CNC(=O)C1CC(C)CN1C(C)=O. The van der Waals surface area contributed by atoms with Crippen LogP contribution in [0.3, 0.4) is 0 Å². The molecule has 0 aromatic carbocycles. The normalized spacial score (nSPS) is 17.4. The molecule has 1 aliphatic heterocycles. The summed E-state index contributed by atoms with van der Waals surface area (Å²) >= 11 is 0. The number of likely N-dealkylation sites (tertiary alicyclic amines) is 1. The molecule has 140 valence electrons. The lowest BCUT2D eigenvalue weighted by molar-refractivity contribution is -0.136. The molecule has 1 heterocycles. The molecule has 1 saturated heterocycles. The van der Waals surface area contributed by atoms with E-state index in [9.17, 15) is 9.59 Å². The summed E-state index contributed by atoms with van der Waals surface area (Å²) in [5.74, 6) is 0.517. The minimum absolute atomic E-state index is 0.0158. The van der Waals surface area contributed by atoms with Gasteiger partial charge >= 0.3 is 0 Å². The summed E-state index contributed by atoms with van der Waals surface area (Å²) in [7, 11) is 1.60. The first-order valence-electron chi connectivity index (χ1n) is 8.59. The number of nitrogens with two attached hydrogens (primary N) is 1. The van der Waals surface area contributed by atoms with Crippen molar-refractivity contribution >= 4 is 17.6 Å². The van der Waals surface area contributed by atoms with Crippen LogP contribution >= 0.6 is 0 Å². The molecule has 23 heavy (non-hydrogen) atoms. The Balaban J connectivity index is -0.000000152. The van der Waals surface area contributed by atoms with Crippen molar-refractivity contribution in [1.82, 2.24) is 10.2 Å². The number of amidine groups is 1. The maximum atomic E-state index is 11.4. The van der Waals surface area contributed by atoms with Gasteiger partial charge in [-0.05, 0) is 19.3 Å². The summed E-state index contributed by atoms with van der Waals surface area (Å²) in [5.41, 5.74) is 4.69. The number of rotatable bonds is 1. The molecule has 2 amide bonds. The van der Waals surface area contributed by atoms with Gasteiger partial charge in [-0.25, -0.2) is 0 Å². The van der Waals surface area contributed by atoms with E-state index >= 15 is 0 Å². The number of carbonyl (C=O) groups is 2. The van der Waals surface area contributed by atoms with Crippen LogP contribution in [0.5, 0.6) is 0 Å². The fourth-order valence-corrected chi connectivity index (χ4v) is 1.81. The first-order chi connectivity index (χ1) is 10.8. The Bertz CT molecular complexity index is 303. The van der Waals surface area contributed by atoms with Crippen molar-refractivity contribution in [3.63, 3.8) is 0 Å². The van der Waals surface area contributed by atoms with Gasteiger partial charge in [0.05, 0.1) is 5.84 Å². The third-order valence-electron chi connectivity index (χ3n) is 2.46. The van der Waals surface area contributed by atoms with Crippen LogP contribution in [0.25, 0.3) is 0 Å². The Morgan fingerprint density at radius 2 is 1.43 bits per heavy atom. The number of nitrogens with zero attached hydrogens (tertiary/aromatic N) is 1. The van der Waals surface area contributed by atoms with E-state index in [1.54, 1.807) is 11.9 Å². The van der Waals surface area contributed by atoms with Crippen LogP contribution in [0.1, 0.15) is 68.7 Å². The molecular weight excluding hydrogens is 292 g/mol. The third kappa shape index (κ3) is 16.6. The van der Waals surface area contributed by atoms with E-state index in [1.807, 2.05) is 41.5 Å². The zero-order valence-electron chi connectivity index (χ0n) is 16.9. The Morgan fingerprint density at radius 3 is 1.70 bits per heavy atom. The molecule has 4 N–H and O–H groups in total. The fraction of sp³-hybridized carbons (Fsp3) is 0.824. The topological polar surface area (TPSA) is 99.3 Å². The standard InChI is InChI=1S/C9H16N2O2.C2H6N2.3C2H6/c1-6-4-8(9(13)10-3)11(5-6)7(2)12;1-2(3)4;3*1-2/h6,8H,4-5H2,1-3H3,(H,10,13);1H3,(H3,3,4);3*1-2H3. The minimum Gasteiger partial charge on any atom is -0.388 e. The molecule has 2 atom stereocenters. The highest BCUT2D eigenvalue weighted by molar-refractivity contribution is 5.87. The Kier molecular flexibility index (Phi) is 26.1. The summed E-state index contributed by atoms with van der Waals surface area (Å²) in [6.07, 6.45) is 0.777. The summed E-state index contributed by atoms with van der Waals surface area (Å²) in [5, 5.41) is 8.86. The van der Waals surface area contributed by atoms with Gasteiger partial charge in [-0.2, -0.15) is 0 Å². The number of amides is 2. The lowest BCUT2D eigenvalue weighted by atomic mass is 10.1. The van der Waals surface area contributed by atoms with Gasteiger partial charge in [-0.15, -0.1) is 0 Å². The average Bonchev–Trinajstić information content (AvgIpc) is 2.94. The second kappa shape index (κ2) is 20.4. The molecule has 6 nitrogen and oxygen atoms in total. The van der Waals surface area contributed by atoms with Gasteiger partial charge in [-0.1, -0.05) is 48.5 Å². The number of likely N-dealkylation sites (N-methyl/N-ethyl adjacent to an activating group) is 1. The Hall–Kier alpha value is -1.59. The molecule has 1 aliphatic rings. The Labute approximate surface area is 143 Å². The summed E-state index contributed by atoms with van der Waals surface area (Å²) in [6, 6.07) is -0.252. The van der Waals surface area contributed by atoms with Crippen molar-refractivity contribution in [2.24, 2.45) is 11.7 Å². The predicted molar refractivity (Wildman–Crippen MR) is 101 cm³/mol. The molecule has 1 fully saturated rings. The second-order valence-electron chi connectivity index (χ2n) is 4.33. The second-order valence-corrected chi connectivity index (χ2v) is 4.33. The summed E-state index contributed by atoms with van der Waals surface area (Å²) in [6.45, 7) is 17.8. The number of hydrogen-bond donors (Lipinski definition) is 3. The van der Waals surface area contributed by atoms with E-state index in [2.05, 4.69) is 12.2 Å². The first-order valence-corrected chi connectivity index (χ1v) is 8.59. The lowest BCUT2D eigenvalue weighted by Crippen LogP contribution is -2.43. The van der Waals surface area contributed by atoms with Crippen LogP contribution in [-0.4, -0.2) is 42.2 Å². The van der Waals surface area contributed by atoms with Crippen LogP contribution in [0, 0.1) is 11.3 Å². The van der Waals surface area contributed by atoms with Gasteiger partial charge in [-0.3, -0.25) is 15.0 Å². The molecule has 0 aromatic rings. The van der Waals surface area contributed by atoms with Gasteiger partial charge < -0.3 is 16.0 Å². The smallest absolute Gasteiger partial charge is 0.242 e. The van der Waals surface area contributed by atoms with Crippen molar-refractivity contribution < 1.29 is 9.59 Å². The van der Waals surface area contributed by atoms with E-state index in [1.165, 1.54) is 13.8 Å². The lowest BCUT2D eigenvalue weighted by Gasteiger charge is -2.21. The quantitative estimate of drug-likeness (QED) is 0.508. The largest absolute Gasteiger partial charge is 0.388 e. The van der Waals surface area contributed by atoms with E-state index in [0.29, 0.717) is 12.5 Å².